The highest BCUT2D eigenvalue weighted by atomic mass is 32.3. The highest BCUT2D eigenvalue weighted by Gasteiger charge is 2.51. The first kappa shape index (κ1) is 24.7. The first-order valence-electron chi connectivity index (χ1n) is 10.4. The van der Waals surface area contributed by atoms with Gasteiger partial charge in [0.1, 0.15) is 5.82 Å². The van der Waals surface area contributed by atoms with Gasteiger partial charge in [-0.2, -0.15) is 0 Å². The van der Waals surface area contributed by atoms with E-state index in [1.54, 1.807) is 12.1 Å². The predicted octanol–water partition coefficient (Wildman–Crippen LogP) is 2.78. The third kappa shape index (κ3) is 4.05. The first-order chi connectivity index (χ1) is 16.4. The summed E-state index contributed by atoms with van der Waals surface area (Å²) in [4.78, 5) is 26.2. The number of nitrogens with zero attached hydrogens (tertiary/aromatic N) is 2. The lowest BCUT2D eigenvalue weighted by atomic mass is 9.75. The monoisotopic (exact) mass is 516 g/mol. The number of carbonyl (C=O) groups is 2. The molecular weight excluding hydrogens is 495 g/mol. The second kappa shape index (κ2) is 8.67. The number of amides is 2. The fourth-order valence-corrected chi connectivity index (χ4v) is 7.93. The van der Waals surface area contributed by atoms with E-state index in [-0.39, 0.29) is 24.6 Å². The van der Waals surface area contributed by atoms with Gasteiger partial charge in [-0.3, -0.25) is 14.5 Å². The average Bonchev–Trinajstić information content (AvgIpc) is 2.86. The summed E-state index contributed by atoms with van der Waals surface area (Å²) in [6.45, 7) is 0.402. The van der Waals surface area contributed by atoms with Gasteiger partial charge in [0.15, 0.2) is 0 Å². The van der Waals surface area contributed by atoms with Crippen LogP contribution in [0.1, 0.15) is 22.8 Å². The number of fused-ring (bicyclic) bond motifs is 1. The molecule has 11 heteroatoms. The summed E-state index contributed by atoms with van der Waals surface area (Å²) in [7, 11) is -8.23. The molecule has 0 radical (unpaired) electrons. The van der Waals surface area contributed by atoms with Crippen molar-refractivity contribution in [2.45, 2.75) is 22.1 Å². The first-order valence-corrected chi connectivity index (χ1v) is 13.3. The maximum Gasteiger partial charge on any atom is 0.260 e. The molecule has 0 aromatic heterocycles. The lowest BCUT2D eigenvalue weighted by molar-refractivity contribution is -0.133. The zero-order valence-electron chi connectivity index (χ0n) is 18.8. The van der Waals surface area contributed by atoms with E-state index >= 15 is 0 Å². The summed E-state index contributed by atoms with van der Waals surface area (Å²) >= 11 is 0. The Balaban J connectivity index is 1.97. The molecule has 2 amide bonds. The van der Waals surface area contributed by atoms with Gasteiger partial charge in [0.2, 0.25) is 5.91 Å². The largest absolute Gasteiger partial charge is 0.281 e. The van der Waals surface area contributed by atoms with Crippen LogP contribution in [0.4, 0.5) is 4.39 Å². The van der Waals surface area contributed by atoms with Crippen LogP contribution in [0.15, 0.2) is 88.7 Å². The Labute approximate surface area is 202 Å². The van der Waals surface area contributed by atoms with Crippen LogP contribution in [-0.4, -0.2) is 50.9 Å². The molecule has 4 rings (SSSR count). The van der Waals surface area contributed by atoms with E-state index < -0.39 is 49.6 Å². The van der Waals surface area contributed by atoms with Gasteiger partial charge >= 0.3 is 0 Å². The van der Waals surface area contributed by atoms with Crippen molar-refractivity contribution in [1.29, 1.82) is 0 Å². The molecule has 3 aromatic rings. The van der Waals surface area contributed by atoms with Crippen LogP contribution >= 0.6 is 0 Å². The topological polar surface area (TPSA) is 109 Å². The van der Waals surface area contributed by atoms with Gasteiger partial charge < -0.3 is 0 Å². The second-order valence-electron chi connectivity index (χ2n) is 8.26. The summed E-state index contributed by atoms with van der Waals surface area (Å²) in [6.07, 6.45) is 0. The normalized spacial score (nSPS) is 18.6. The third-order valence-corrected chi connectivity index (χ3v) is 10.2. The molecule has 0 bridgehead atoms. The molecular formula is C24H21FN2O6S2. The predicted molar refractivity (Wildman–Crippen MR) is 125 cm³/mol. The zero-order valence-corrected chi connectivity index (χ0v) is 20.4. The Morgan fingerprint density at radius 1 is 0.829 bits per heavy atom. The quantitative estimate of drug-likeness (QED) is 0.466. The molecule has 35 heavy (non-hydrogen) atoms. The van der Waals surface area contributed by atoms with E-state index in [9.17, 15) is 30.8 Å². The Morgan fingerprint density at radius 3 is 1.80 bits per heavy atom. The molecule has 182 valence electrons. The highest BCUT2D eigenvalue weighted by Crippen LogP contribution is 2.38. The molecule has 0 fully saturated rings. The number of sulfonamides is 2. The number of hydrogen-bond donors (Lipinski definition) is 0. The maximum atomic E-state index is 14.2. The Morgan fingerprint density at radius 2 is 1.31 bits per heavy atom. The molecule has 1 aliphatic heterocycles. The van der Waals surface area contributed by atoms with E-state index in [4.69, 9.17) is 0 Å². The van der Waals surface area contributed by atoms with Crippen molar-refractivity contribution in [3.63, 3.8) is 0 Å². The SMILES string of the molecule is CN1C(=O)c2ccc(F)cc2C(C)(CN(S(=O)(=O)c2ccccc2)S(=O)(=O)c2ccccc2)C1=O. The summed E-state index contributed by atoms with van der Waals surface area (Å²) in [5.74, 6) is -2.33. The van der Waals surface area contributed by atoms with Crippen LogP contribution in [0.3, 0.4) is 0 Å². The summed E-state index contributed by atoms with van der Waals surface area (Å²) in [5.41, 5.74) is -2.02. The van der Waals surface area contributed by atoms with Gasteiger partial charge in [0.05, 0.1) is 15.2 Å². The van der Waals surface area contributed by atoms with Crippen LogP contribution in [0, 0.1) is 5.82 Å². The van der Waals surface area contributed by atoms with E-state index in [1.807, 2.05) is 0 Å². The molecule has 0 saturated carbocycles. The van der Waals surface area contributed by atoms with Crippen LogP contribution in [0.5, 0.6) is 0 Å². The van der Waals surface area contributed by atoms with Crippen molar-refractivity contribution in [3.8, 4) is 0 Å². The van der Waals surface area contributed by atoms with Crippen LogP contribution < -0.4 is 0 Å². The number of rotatable bonds is 6. The summed E-state index contributed by atoms with van der Waals surface area (Å²) < 4.78 is 69.2. The van der Waals surface area contributed by atoms with Crippen LogP contribution in [0.25, 0.3) is 0 Å². The van der Waals surface area contributed by atoms with Crippen LogP contribution in [-0.2, 0) is 30.3 Å². The van der Waals surface area contributed by atoms with Crippen molar-refractivity contribution >= 4 is 31.9 Å². The molecule has 1 unspecified atom stereocenters. The minimum Gasteiger partial charge on any atom is -0.281 e. The standard InChI is InChI=1S/C24H21FN2O6S2/c1-24(21-15-17(25)13-14-20(21)22(28)26(2)23(24)29)16-27(34(30,31)18-9-5-3-6-10-18)35(32,33)19-11-7-4-8-12-19/h3-15H,16H2,1-2H3. The molecule has 0 aliphatic carbocycles. The average molecular weight is 517 g/mol. The third-order valence-electron chi connectivity index (χ3n) is 5.95. The van der Waals surface area contributed by atoms with Crippen molar-refractivity contribution in [3.05, 3.63) is 95.8 Å². The number of likely N-dealkylation sites (N-methyl/N-ethyl adjacent to an activating group) is 1. The molecule has 1 atom stereocenters. The molecule has 0 spiro atoms. The molecule has 1 aliphatic rings. The van der Waals surface area contributed by atoms with Crippen molar-refractivity contribution in [2.24, 2.45) is 0 Å². The van der Waals surface area contributed by atoms with Crippen molar-refractivity contribution in [2.75, 3.05) is 13.6 Å². The van der Waals surface area contributed by atoms with Crippen LogP contribution in [0.2, 0.25) is 0 Å². The molecule has 0 saturated heterocycles. The second-order valence-corrected chi connectivity index (χ2v) is 12.2. The minimum absolute atomic E-state index is 0.0230. The summed E-state index contributed by atoms with van der Waals surface area (Å²) in [6, 6.07) is 17.0. The summed E-state index contributed by atoms with van der Waals surface area (Å²) in [5, 5.41) is 0. The van der Waals surface area contributed by atoms with E-state index in [1.165, 1.54) is 68.6 Å². The number of imide groups is 1. The Bertz CT molecular complexity index is 1460. The van der Waals surface area contributed by atoms with Crippen molar-refractivity contribution < 1.29 is 30.8 Å². The molecule has 8 nitrogen and oxygen atoms in total. The van der Waals surface area contributed by atoms with Gasteiger partial charge in [-0.25, -0.2) is 21.2 Å². The molecule has 3 aromatic carbocycles. The van der Waals surface area contributed by atoms with Gasteiger partial charge in [0, 0.05) is 19.2 Å². The van der Waals surface area contributed by atoms with E-state index in [0.717, 1.165) is 17.0 Å². The fourth-order valence-electron chi connectivity index (χ4n) is 4.05. The van der Waals surface area contributed by atoms with E-state index in [0.29, 0.717) is 0 Å². The number of benzene rings is 3. The fraction of sp³-hybridized carbons (Fsp3) is 0.167. The lowest BCUT2D eigenvalue weighted by Gasteiger charge is -2.40. The highest BCUT2D eigenvalue weighted by molar-refractivity contribution is 8.04. The lowest BCUT2D eigenvalue weighted by Crippen LogP contribution is -2.57. The van der Waals surface area contributed by atoms with Gasteiger partial charge in [-0.15, -0.1) is 0 Å². The maximum absolute atomic E-state index is 14.2. The number of carbonyl (C=O) groups excluding carboxylic acids is 2. The Hall–Kier alpha value is -3.41. The zero-order chi connectivity index (χ0) is 25.6. The molecule has 0 N–H and O–H groups in total. The van der Waals surface area contributed by atoms with Gasteiger partial charge in [0.25, 0.3) is 26.0 Å². The minimum atomic E-state index is -4.72. The number of halogens is 1. The van der Waals surface area contributed by atoms with E-state index in [2.05, 4.69) is 0 Å². The van der Waals surface area contributed by atoms with Crippen molar-refractivity contribution in [1.82, 2.24) is 8.61 Å². The smallest absolute Gasteiger partial charge is 0.260 e. The molecule has 1 heterocycles. The Kier molecular flexibility index (Phi) is 6.12. The van der Waals surface area contributed by atoms with Gasteiger partial charge in [-0.05, 0) is 55.0 Å². The van der Waals surface area contributed by atoms with Gasteiger partial charge in [-0.1, -0.05) is 40.1 Å². The number of hydrogen-bond acceptors (Lipinski definition) is 6.